The minimum absolute atomic E-state index is 0.0296. The molecule has 1 aliphatic rings. The van der Waals surface area contributed by atoms with Crippen LogP contribution in [0.2, 0.25) is 0 Å². The Hall–Kier alpha value is -4.59. The van der Waals surface area contributed by atoms with Crippen molar-refractivity contribution < 1.29 is 14.3 Å². The molecule has 0 saturated carbocycles. The second-order valence-electron chi connectivity index (χ2n) is 8.87. The van der Waals surface area contributed by atoms with Crippen molar-refractivity contribution >= 4 is 45.4 Å². The van der Waals surface area contributed by atoms with Crippen LogP contribution >= 0.6 is 0 Å². The molecule has 2 amide bonds. The zero-order valence-electron chi connectivity index (χ0n) is 19.8. The first kappa shape index (κ1) is 21.9. The summed E-state index contributed by atoms with van der Waals surface area (Å²) in [4.78, 5) is 36.3. The number of para-hydroxylation sites is 3. The molecular formula is C28H25N5O3. The summed E-state index contributed by atoms with van der Waals surface area (Å²) in [5.41, 5.74) is 4.45. The Morgan fingerprint density at radius 1 is 1.08 bits per heavy atom. The van der Waals surface area contributed by atoms with E-state index in [0.29, 0.717) is 24.6 Å². The van der Waals surface area contributed by atoms with E-state index in [4.69, 9.17) is 9.72 Å². The number of carbonyl (C=O) groups is 2. The van der Waals surface area contributed by atoms with Gasteiger partial charge in [-0.25, -0.2) is 4.98 Å². The van der Waals surface area contributed by atoms with Gasteiger partial charge >= 0.3 is 0 Å². The van der Waals surface area contributed by atoms with Crippen LogP contribution in [-0.2, 0) is 16.0 Å². The lowest BCUT2D eigenvalue weighted by atomic mass is 10.1. The first-order chi connectivity index (χ1) is 17.6. The molecular weight excluding hydrogens is 454 g/mol. The Morgan fingerprint density at radius 3 is 2.72 bits per heavy atom. The van der Waals surface area contributed by atoms with E-state index in [1.807, 2.05) is 83.6 Å². The van der Waals surface area contributed by atoms with E-state index in [0.717, 1.165) is 33.2 Å². The third kappa shape index (κ3) is 3.76. The third-order valence-electron chi connectivity index (χ3n) is 6.70. The average molecular weight is 480 g/mol. The molecule has 1 atom stereocenters. The summed E-state index contributed by atoms with van der Waals surface area (Å²) in [6.45, 7) is 0.448. The molecule has 36 heavy (non-hydrogen) atoms. The van der Waals surface area contributed by atoms with Gasteiger partial charge in [0.05, 0.1) is 24.6 Å². The fraction of sp³-hybridized carbons (Fsp3) is 0.179. The standard InChI is InChI=1S/C28H25N5O3/c1-36-20-11-12-22-21(15-20)18(17-29-22)13-14-32-27(35)25(16-26(34)30-19-7-3-2-4-8-19)33-24-10-6-5-9-23(24)31-28(32)33/h2-12,15,17,25,29H,13-14,16H2,1H3,(H,30,34). The Morgan fingerprint density at radius 2 is 1.89 bits per heavy atom. The number of carbonyl (C=O) groups excluding carboxylic acids is 2. The van der Waals surface area contributed by atoms with Gasteiger partial charge in [0, 0.05) is 29.3 Å². The van der Waals surface area contributed by atoms with Gasteiger partial charge in [-0.3, -0.25) is 19.1 Å². The number of nitrogens with one attached hydrogen (secondary N) is 2. The van der Waals surface area contributed by atoms with Gasteiger partial charge in [-0.2, -0.15) is 0 Å². The van der Waals surface area contributed by atoms with Crippen LogP contribution in [0, 0.1) is 0 Å². The lowest BCUT2D eigenvalue weighted by Gasteiger charge is -2.16. The van der Waals surface area contributed by atoms with Crippen molar-refractivity contribution in [3.63, 3.8) is 0 Å². The molecule has 8 nitrogen and oxygen atoms in total. The number of benzene rings is 3. The van der Waals surface area contributed by atoms with Crippen molar-refractivity contribution in [2.75, 3.05) is 23.9 Å². The van der Waals surface area contributed by atoms with Crippen LogP contribution in [0.15, 0.2) is 79.0 Å². The fourth-order valence-electron chi connectivity index (χ4n) is 4.94. The van der Waals surface area contributed by atoms with Gasteiger partial charge in [-0.05, 0) is 54.4 Å². The monoisotopic (exact) mass is 479 g/mol. The van der Waals surface area contributed by atoms with Crippen molar-refractivity contribution in [2.45, 2.75) is 18.9 Å². The number of rotatable bonds is 7. The minimum atomic E-state index is -0.654. The maximum atomic E-state index is 13.6. The molecule has 0 aliphatic carbocycles. The minimum Gasteiger partial charge on any atom is -0.497 e. The highest BCUT2D eigenvalue weighted by molar-refractivity contribution is 6.05. The number of anilines is 2. The van der Waals surface area contributed by atoms with E-state index in [1.54, 1.807) is 12.0 Å². The van der Waals surface area contributed by atoms with Crippen LogP contribution in [0.5, 0.6) is 5.75 Å². The van der Waals surface area contributed by atoms with Crippen LogP contribution in [0.4, 0.5) is 11.6 Å². The topological polar surface area (TPSA) is 92.2 Å². The zero-order valence-corrected chi connectivity index (χ0v) is 19.8. The summed E-state index contributed by atoms with van der Waals surface area (Å²) in [6.07, 6.45) is 2.63. The number of hydrogen-bond acceptors (Lipinski definition) is 4. The highest BCUT2D eigenvalue weighted by Crippen LogP contribution is 2.37. The smallest absolute Gasteiger partial charge is 0.253 e. The number of aromatic amines is 1. The van der Waals surface area contributed by atoms with Crippen LogP contribution in [0.1, 0.15) is 18.0 Å². The molecule has 180 valence electrons. The van der Waals surface area contributed by atoms with Gasteiger partial charge in [0.2, 0.25) is 11.9 Å². The summed E-state index contributed by atoms with van der Waals surface area (Å²) in [7, 11) is 1.65. The van der Waals surface area contributed by atoms with Crippen molar-refractivity contribution in [2.24, 2.45) is 0 Å². The van der Waals surface area contributed by atoms with Crippen molar-refractivity contribution in [3.05, 3.63) is 84.6 Å². The predicted octanol–water partition coefficient (Wildman–Crippen LogP) is 4.69. The summed E-state index contributed by atoms with van der Waals surface area (Å²) < 4.78 is 7.29. The predicted molar refractivity (Wildman–Crippen MR) is 139 cm³/mol. The van der Waals surface area contributed by atoms with Crippen molar-refractivity contribution in [1.82, 2.24) is 14.5 Å². The number of nitrogens with zero attached hydrogens (tertiary/aromatic N) is 3. The molecule has 0 bridgehead atoms. The summed E-state index contributed by atoms with van der Waals surface area (Å²) in [6, 6.07) is 22.2. The average Bonchev–Trinajstić information content (AvgIpc) is 3.55. The molecule has 1 unspecified atom stereocenters. The number of amides is 2. The lowest BCUT2D eigenvalue weighted by molar-refractivity contribution is -0.124. The number of aromatic nitrogens is 3. The van der Waals surface area contributed by atoms with Crippen LogP contribution < -0.4 is 15.0 Å². The molecule has 2 aromatic heterocycles. The van der Waals surface area contributed by atoms with Gasteiger partial charge in [0.1, 0.15) is 11.8 Å². The van der Waals surface area contributed by atoms with Gasteiger partial charge in [-0.1, -0.05) is 30.3 Å². The number of imidazole rings is 1. The maximum Gasteiger partial charge on any atom is 0.253 e. The van der Waals surface area contributed by atoms with Crippen molar-refractivity contribution in [1.29, 1.82) is 0 Å². The molecule has 5 aromatic rings. The molecule has 3 aromatic carbocycles. The first-order valence-corrected chi connectivity index (χ1v) is 11.9. The van der Waals surface area contributed by atoms with Crippen molar-refractivity contribution in [3.8, 4) is 5.75 Å². The number of fused-ring (bicyclic) bond motifs is 4. The van der Waals surface area contributed by atoms with E-state index >= 15 is 0 Å². The van der Waals surface area contributed by atoms with E-state index in [1.165, 1.54) is 0 Å². The Labute approximate surface area is 207 Å². The molecule has 8 heteroatoms. The molecule has 3 heterocycles. The molecule has 0 radical (unpaired) electrons. The molecule has 0 spiro atoms. The van der Waals surface area contributed by atoms with Gasteiger partial charge in [0.25, 0.3) is 5.91 Å². The molecule has 6 rings (SSSR count). The number of methoxy groups -OCH3 is 1. The van der Waals surface area contributed by atoms with Gasteiger partial charge in [0.15, 0.2) is 0 Å². The number of hydrogen-bond donors (Lipinski definition) is 2. The van der Waals surface area contributed by atoms with E-state index in [9.17, 15) is 9.59 Å². The Balaban J connectivity index is 1.29. The van der Waals surface area contributed by atoms with Crippen LogP contribution in [0.25, 0.3) is 21.9 Å². The summed E-state index contributed by atoms with van der Waals surface area (Å²) in [5.74, 6) is 1.03. The van der Waals surface area contributed by atoms with Crippen LogP contribution in [-0.4, -0.2) is 40.0 Å². The normalized spacial score (nSPS) is 15.0. The molecule has 1 aliphatic heterocycles. The quantitative estimate of drug-likeness (QED) is 0.354. The molecule has 0 saturated heterocycles. The van der Waals surface area contributed by atoms with Gasteiger partial charge < -0.3 is 15.0 Å². The Bertz CT molecular complexity index is 1590. The second-order valence-corrected chi connectivity index (χ2v) is 8.87. The zero-order chi connectivity index (χ0) is 24.6. The fourth-order valence-corrected chi connectivity index (χ4v) is 4.94. The molecule has 0 fully saturated rings. The second kappa shape index (κ2) is 8.88. The highest BCUT2D eigenvalue weighted by Gasteiger charge is 2.40. The number of ether oxygens (including phenoxy) is 1. The summed E-state index contributed by atoms with van der Waals surface area (Å²) in [5, 5.41) is 3.96. The maximum absolute atomic E-state index is 13.6. The van der Waals surface area contributed by atoms with E-state index < -0.39 is 6.04 Å². The lowest BCUT2D eigenvalue weighted by Crippen LogP contribution is -2.33. The van der Waals surface area contributed by atoms with E-state index in [-0.39, 0.29) is 18.2 Å². The van der Waals surface area contributed by atoms with Gasteiger partial charge in [-0.15, -0.1) is 0 Å². The first-order valence-electron chi connectivity index (χ1n) is 11.9. The van der Waals surface area contributed by atoms with E-state index in [2.05, 4.69) is 10.3 Å². The third-order valence-corrected chi connectivity index (χ3v) is 6.70. The Kier molecular flexibility index (Phi) is 5.41. The SMILES string of the molecule is COc1ccc2[nH]cc(CCN3C(=O)C(CC(=O)Nc4ccccc4)n4c3nc3ccccc34)c2c1. The molecule has 2 N–H and O–H groups in total. The number of H-pyrrole nitrogens is 1. The summed E-state index contributed by atoms with van der Waals surface area (Å²) >= 11 is 0. The highest BCUT2D eigenvalue weighted by atomic mass is 16.5. The van der Waals surface area contributed by atoms with Crippen LogP contribution in [0.3, 0.4) is 0 Å². The largest absolute Gasteiger partial charge is 0.497 e.